The first-order valence-electron chi connectivity index (χ1n) is 8.56. The highest BCUT2D eigenvalue weighted by Crippen LogP contribution is 2.20. The van der Waals surface area contributed by atoms with Crippen LogP contribution in [0.15, 0.2) is 42.7 Å². The zero-order valence-electron chi connectivity index (χ0n) is 15.2. The highest BCUT2D eigenvalue weighted by atomic mass is 16.3. The van der Waals surface area contributed by atoms with E-state index in [-0.39, 0.29) is 24.1 Å². The van der Waals surface area contributed by atoms with Crippen molar-refractivity contribution in [2.75, 3.05) is 6.61 Å². The van der Waals surface area contributed by atoms with Crippen molar-refractivity contribution in [2.45, 2.75) is 46.3 Å². The van der Waals surface area contributed by atoms with Crippen molar-refractivity contribution in [1.82, 2.24) is 20.2 Å². The van der Waals surface area contributed by atoms with Gasteiger partial charge < -0.3 is 20.3 Å². The van der Waals surface area contributed by atoms with Gasteiger partial charge in [0.25, 0.3) is 0 Å². The molecule has 0 bridgehead atoms. The van der Waals surface area contributed by atoms with E-state index in [1.165, 1.54) is 5.56 Å². The molecule has 2 amide bonds. The Hall–Kier alpha value is -2.34. The standard InChI is InChI=1S/C19H28N4O2/c1-19(2,3)11-16(14-24)22-18(25)21-12-17-20-9-10-23(17)13-15-7-5-4-6-8-15/h4-10,16,24H,11-14H2,1-3H3,(H2,21,22,25). The molecule has 1 atom stereocenters. The SMILES string of the molecule is CC(C)(C)CC(CO)NC(=O)NCc1nccn1Cc1ccccc1. The molecule has 25 heavy (non-hydrogen) atoms. The lowest BCUT2D eigenvalue weighted by molar-refractivity contribution is 0.190. The maximum absolute atomic E-state index is 12.1. The number of amides is 2. The highest BCUT2D eigenvalue weighted by Gasteiger charge is 2.19. The van der Waals surface area contributed by atoms with E-state index in [1.54, 1.807) is 6.20 Å². The number of aromatic nitrogens is 2. The van der Waals surface area contributed by atoms with Gasteiger partial charge in [-0.15, -0.1) is 0 Å². The van der Waals surface area contributed by atoms with Gasteiger partial charge in [-0.05, 0) is 17.4 Å². The molecule has 136 valence electrons. The molecule has 2 aromatic rings. The summed E-state index contributed by atoms with van der Waals surface area (Å²) in [6, 6.07) is 9.55. The van der Waals surface area contributed by atoms with E-state index in [1.807, 2.05) is 29.0 Å². The third-order valence-electron chi connectivity index (χ3n) is 3.82. The molecule has 1 aromatic heterocycles. The van der Waals surface area contributed by atoms with Crippen molar-refractivity contribution in [3.63, 3.8) is 0 Å². The number of urea groups is 1. The molecule has 0 fully saturated rings. The maximum atomic E-state index is 12.1. The average molecular weight is 344 g/mol. The van der Waals surface area contributed by atoms with Gasteiger partial charge in [-0.3, -0.25) is 0 Å². The van der Waals surface area contributed by atoms with E-state index in [9.17, 15) is 9.90 Å². The fourth-order valence-electron chi connectivity index (χ4n) is 2.73. The van der Waals surface area contributed by atoms with Crippen molar-refractivity contribution < 1.29 is 9.90 Å². The normalized spacial score (nSPS) is 12.6. The van der Waals surface area contributed by atoms with Crippen LogP contribution in [0.25, 0.3) is 0 Å². The second-order valence-corrected chi connectivity index (χ2v) is 7.43. The summed E-state index contributed by atoms with van der Waals surface area (Å²) in [6.07, 6.45) is 4.34. The number of carbonyl (C=O) groups is 1. The zero-order chi connectivity index (χ0) is 18.3. The lowest BCUT2D eigenvalue weighted by Gasteiger charge is -2.25. The molecule has 3 N–H and O–H groups in total. The number of hydrogen-bond acceptors (Lipinski definition) is 3. The van der Waals surface area contributed by atoms with Crippen LogP contribution in [0.5, 0.6) is 0 Å². The number of imidazole rings is 1. The van der Waals surface area contributed by atoms with E-state index < -0.39 is 0 Å². The minimum atomic E-state index is -0.294. The van der Waals surface area contributed by atoms with Crippen LogP contribution in [-0.2, 0) is 13.1 Å². The van der Waals surface area contributed by atoms with Gasteiger partial charge >= 0.3 is 6.03 Å². The summed E-state index contributed by atoms with van der Waals surface area (Å²) in [5.41, 5.74) is 1.21. The summed E-state index contributed by atoms with van der Waals surface area (Å²) >= 11 is 0. The third-order valence-corrected chi connectivity index (χ3v) is 3.82. The van der Waals surface area contributed by atoms with Crippen molar-refractivity contribution in [1.29, 1.82) is 0 Å². The minimum Gasteiger partial charge on any atom is -0.394 e. The van der Waals surface area contributed by atoms with Crippen LogP contribution in [-0.4, -0.2) is 33.3 Å². The summed E-state index contributed by atoms with van der Waals surface area (Å²) in [6.45, 7) is 7.20. The molecule has 0 aliphatic heterocycles. The number of carbonyl (C=O) groups excluding carboxylic acids is 1. The Morgan fingerprint density at radius 2 is 2.00 bits per heavy atom. The molecule has 0 radical (unpaired) electrons. The van der Waals surface area contributed by atoms with Gasteiger partial charge in [0, 0.05) is 18.9 Å². The van der Waals surface area contributed by atoms with Crippen molar-refractivity contribution in [2.24, 2.45) is 5.41 Å². The van der Waals surface area contributed by atoms with Crippen LogP contribution in [0.2, 0.25) is 0 Å². The van der Waals surface area contributed by atoms with Crippen LogP contribution < -0.4 is 10.6 Å². The summed E-state index contributed by atoms with van der Waals surface area (Å²) in [7, 11) is 0. The van der Waals surface area contributed by atoms with Crippen LogP contribution in [0, 0.1) is 5.41 Å². The molecule has 1 unspecified atom stereocenters. The molecule has 2 rings (SSSR count). The van der Waals surface area contributed by atoms with E-state index >= 15 is 0 Å². The number of hydrogen-bond donors (Lipinski definition) is 3. The third kappa shape index (κ3) is 6.58. The predicted octanol–water partition coefficient (Wildman–Crippen LogP) is 2.53. The van der Waals surface area contributed by atoms with Gasteiger partial charge in [0.2, 0.25) is 0 Å². The van der Waals surface area contributed by atoms with Gasteiger partial charge in [-0.1, -0.05) is 51.1 Å². The molecule has 0 spiro atoms. The quantitative estimate of drug-likeness (QED) is 0.722. The highest BCUT2D eigenvalue weighted by molar-refractivity contribution is 5.74. The minimum absolute atomic E-state index is 0.0343. The largest absolute Gasteiger partial charge is 0.394 e. The van der Waals surface area contributed by atoms with E-state index in [0.29, 0.717) is 19.5 Å². The molecular formula is C19H28N4O2. The first kappa shape index (κ1) is 19.0. The molecule has 0 aliphatic carbocycles. The van der Waals surface area contributed by atoms with E-state index in [4.69, 9.17) is 0 Å². The number of nitrogens with zero attached hydrogens (tertiary/aromatic N) is 2. The predicted molar refractivity (Wildman–Crippen MR) is 98.1 cm³/mol. The molecule has 0 aliphatic rings. The second-order valence-electron chi connectivity index (χ2n) is 7.43. The van der Waals surface area contributed by atoms with Crippen molar-refractivity contribution in [3.8, 4) is 0 Å². The maximum Gasteiger partial charge on any atom is 0.315 e. The average Bonchev–Trinajstić information content (AvgIpc) is 2.99. The first-order valence-corrected chi connectivity index (χ1v) is 8.56. The summed E-state index contributed by atoms with van der Waals surface area (Å²) in [5, 5.41) is 15.1. The Morgan fingerprint density at radius 1 is 1.28 bits per heavy atom. The summed E-state index contributed by atoms with van der Waals surface area (Å²) < 4.78 is 2.01. The van der Waals surface area contributed by atoms with E-state index in [2.05, 4.69) is 48.5 Å². The second kappa shape index (κ2) is 8.67. The zero-order valence-corrected chi connectivity index (χ0v) is 15.2. The molecule has 0 saturated heterocycles. The molecule has 6 nitrogen and oxygen atoms in total. The lowest BCUT2D eigenvalue weighted by Crippen LogP contribution is -2.45. The number of aliphatic hydroxyl groups excluding tert-OH is 1. The monoisotopic (exact) mass is 344 g/mol. The van der Waals surface area contributed by atoms with Crippen molar-refractivity contribution >= 4 is 6.03 Å². The van der Waals surface area contributed by atoms with E-state index in [0.717, 1.165) is 5.82 Å². The van der Waals surface area contributed by atoms with Crippen LogP contribution in [0.4, 0.5) is 4.79 Å². The molecule has 1 heterocycles. The van der Waals surface area contributed by atoms with Gasteiger partial charge in [0.05, 0.1) is 19.2 Å². The Kier molecular flexibility index (Phi) is 6.58. The van der Waals surface area contributed by atoms with Gasteiger partial charge in [-0.25, -0.2) is 9.78 Å². The Labute approximate surface area is 149 Å². The summed E-state index contributed by atoms with van der Waals surface area (Å²) in [4.78, 5) is 16.4. The molecule has 1 aromatic carbocycles. The number of nitrogens with one attached hydrogen (secondary N) is 2. The smallest absolute Gasteiger partial charge is 0.315 e. The molecule has 0 saturated carbocycles. The first-order chi connectivity index (χ1) is 11.9. The van der Waals surface area contributed by atoms with Crippen LogP contribution in [0.1, 0.15) is 38.6 Å². The molecular weight excluding hydrogens is 316 g/mol. The van der Waals surface area contributed by atoms with Crippen molar-refractivity contribution in [3.05, 3.63) is 54.1 Å². The Bertz CT molecular complexity index is 662. The number of aliphatic hydroxyl groups is 1. The number of rotatable bonds is 7. The van der Waals surface area contributed by atoms with Gasteiger partial charge in [-0.2, -0.15) is 0 Å². The van der Waals surface area contributed by atoms with Gasteiger partial charge in [0.1, 0.15) is 5.82 Å². The fraction of sp³-hybridized carbons (Fsp3) is 0.474. The van der Waals surface area contributed by atoms with Gasteiger partial charge in [0.15, 0.2) is 0 Å². The Balaban J connectivity index is 1.87. The van der Waals surface area contributed by atoms with Crippen LogP contribution in [0.3, 0.4) is 0 Å². The molecule has 6 heteroatoms. The fourth-order valence-corrected chi connectivity index (χ4v) is 2.73. The topological polar surface area (TPSA) is 79.2 Å². The lowest BCUT2D eigenvalue weighted by atomic mass is 9.88. The Morgan fingerprint density at radius 3 is 2.64 bits per heavy atom. The summed E-state index contributed by atoms with van der Waals surface area (Å²) in [5.74, 6) is 0.787. The number of benzene rings is 1. The van der Waals surface area contributed by atoms with Crippen LogP contribution >= 0.6 is 0 Å².